The molecule has 0 spiro atoms. The summed E-state index contributed by atoms with van der Waals surface area (Å²) in [6.07, 6.45) is 2.96. The fourth-order valence-electron chi connectivity index (χ4n) is 1.80. The Hall–Kier alpha value is -3.03. The van der Waals surface area contributed by atoms with E-state index in [1.807, 2.05) is 31.2 Å². The molecule has 21 heavy (non-hydrogen) atoms. The third kappa shape index (κ3) is 2.94. The fraction of sp³-hybridized carbons (Fsp3) is 0.154. The molecule has 3 aromatic rings. The summed E-state index contributed by atoms with van der Waals surface area (Å²) >= 11 is 0. The quantitative estimate of drug-likeness (QED) is 0.749. The highest BCUT2D eigenvalue weighted by atomic mass is 15.4. The summed E-state index contributed by atoms with van der Waals surface area (Å²) in [6.45, 7) is 2.03. The topological polar surface area (TPSA) is 93.4 Å². The number of nitrogens with one attached hydrogen (secondary N) is 2. The van der Waals surface area contributed by atoms with E-state index in [1.54, 1.807) is 7.05 Å². The zero-order chi connectivity index (χ0) is 14.7. The lowest BCUT2D eigenvalue weighted by molar-refractivity contribution is 0.798. The lowest BCUT2D eigenvalue weighted by atomic mass is 10.2. The minimum absolute atomic E-state index is 0.391. The van der Waals surface area contributed by atoms with Crippen molar-refractivity contribution in [3.63, 3.8) is 0 Å². The molecule has 0 fully saturated rings. The fourth-order valence-corrected chi connectivity index (χ4v) is 1.80. The monoisotopic (exact) mass is 282 g/mol. The Morgan fingerprint density at radius 2 is 1.95 bits per heavy atom. The molecular weight excluding hydrogens is 268 g/mol. The van der Waals surface area contributed by atoms with Crippen molar-refractivity contribution in [2.75, 3.05) is 17.7 Å². The van der Waals surface area contributed by atoms with Gasteiger partial charge in [0.1, 0.15) is 12.7 Å². The van der Waals surface area contributed by atoms with Gasteiger partial charge in [-0.3, -0.25) is 0 Å². The van der Waals surface area contributed by atoms with Crippen LogP contribution in [0.1, 0.15) is 5.56 Å². The van der Waals surface area contributed by atoms with Crippen LogP contribution >= 0.6 is 0 Å². The van der Waals surface area contributed by atoms with Crippen molar-refractivity contribution in [3.05, 3.63) is 42.5 Å². The molecule has 2 N–H and O–H groups in total. The number of nitrogens with zero attached hydrogens (tertiary/aromatic N) is 6. The summed E-state index contributed by atoms with van der Waals surface area (Å²) in [4.78, 5) is 16.7. The van der Waals surface area contributed by atoms with Crippen molar-refractivity contribution >= 4 is 17.6 Å². The molecule has 2 heterocycles. The number of hydrogen-bond donors (Lipinski definition) is 2. The van der Waals surface area contributed by atoms with Crippen LogP contribution in [0.2, 0.25) is 0 Å². The van der Waals surface area contributed by atoms with Crippen LogP contribution < -0.4 is 10.6 Å². The van der Waals surface area contributed by atoms with Crippen LogP contribution in [-0.2, 0) is 0 Å². The maximum atomic E-state index is 4.34. The summed E-state index contributed by atoms with van der Waals surface area (Å²) in [7, 11) is 1.75. The Morgan fingerprint density at radius 3 is 2.67 bits per heavy atom. The van der Waals surface area contributed by atoms with E-state index in [4.69, 9.17) is 0 Å². The predicted molar refractivity (Wildman–Crippen MR) is 78.8 cm³/mol. The van der Waals surface area contributed by atoms with Crippen molar-refractivity contribution in [3.8, 4) is 5.95 Å². The molecule has 0 aliphatic carbocycles. The summed E-state index contributed by atoms with van der Waals surface area (Å²) < 4.78 is 1.48. The number of benzene rings is 1. The van der Waals surface area contributed by atoms with Gasteiger partial charge >= 0.3 is 0 Å². The molecule has 0 bridgehead atoms. The van der Waals surface area contributed by atoms with Crippen LogP contribution in [0.3, 0.4) is 0 Å². The largest absolute Gasteiger partial charge is 0.357 e. The summed E-state index contributed by atoms with van der Waals surface area (Å²) in [5, 5.41) is 10.1. The lowest BCUT2D eigenvalue weighted by Gasteiger charge is -2.08. The molecule has 0 aliphatic heterocycles. The van der Waals surface area contributed by atoms with Gasteiger partial charge in [0.25, 0.3) is 5.95 Å². The van der Waals surface area contributed by atoms with E-state index < -0.39 is 0 Å². The van der Waals surface area contributed by atoms with Crippen molar-refractivity contribution in [2.45, 2.75) is 6.92 Å². The lowest BCUT2D eigenvalue weighted by Crippen LogP contribution is -2.09. The molecule has 0 atom stereocenters. The second-order valence-electron chi connectivity index (χ2n) is 4.37. The molecule has 0 unspecified atom stereocenters. The smallest absolute Gasteiger partial charge is 0.258 e. The van der Waals surface area contributed by atoms with Crippen molar-refractivity contribution < 1.29 is 0 Å². The summed E-state index contributed by atoms with van der Waals surface area (Å²) in [6, 6.07) is 7.96. The van der Waals surface area contributed by atoms with Crippen molar-refractivity contribution in [1.82, 2.24) is 29.7 Å². The van der Waals surface area contributed by atoms with E-state index in [0.29, 0.717) is 17.8 Å². The van der Waals surface area contributed by atoms with Crippen LogP contribution in [0, 0.1) is 6.92 Å². The number of aryl methyl sites for hydroxylation is 1. The zero-order valence-electron chi connectivity index (χ0n) is 11.6. The molecule has 8 heteroatoms. The first-order valence-electron chi connectivity index (χ1n) is 6.37. The minimum atomic E-state index is 0.391. The van der Waals surface area contributed by atoms with Gasteiger partial charge in [0.05, 0.1) is 0 Å². The Bertz CT molecular complexity index is 738. The summed E-state index contributed by atoms with van der Waals surface area (Å²) in [5.41, 5.74) is 2.06. The van der Waals surface area contributed by atoms with Gasteiger partial charge in [-0.2, -0.15) is 24.7 Å². The SMILES string of the molecule is CNc1nc(Nc2cccc(C)c2)nc(-n2cncn2)n1. The first-order chi connectivity index (χ1) is 10.2. The normalized spacial score (nSPS) is 10.4. The van der Waals surface area contributed by atoms with Gasteiger partial charge < -0.3 is 10.6 Å². The standard InChI is InChI=1S/C13H14N8/c1-9-4-3-5-10(6-9)17-12-18-11(14-2)19-13(20-12)21-8-15-7-16-21/h3-8H,1-2H3,(H2,14,17,18,19,20). The Labute approximate surface area is 121 Å². The highest BCUT2D eigenvalue weighted by Crippen LogP contribution is 2.16. The van der Waals surface area contributed by atoms with E-state index in [-0.39, 0.29) is 0 Å². The van der Waals surface area contributed by atoms with Gasteiger partial charge in [-0.1, -0.05) is 12.1 Å². The van der Waals surface area contributed by atoms with Gasteiger partial charge in [0.15, 0.2) is 0 Å². The number of hydrogen-bond acceptors (Lipinski definition) is 7. The first kappa shape index (κ1) is 13.0. The molecule has 106 valence electrons. The van der Waals surface area contributed by atoms with Crippen LogP contribution in [0.15, 0.2) is 36.9 Å². The van der Waals surface area contributed by atoms with Crippen LogP contribution in [0.25, 0.3) is 5.95 Å². The highest BCUT2D eigenvalue weighted by molar-refractivity contribution is 5.55. The van der Waals surface area contributed by atoms with Gasteiger partial charge in [-0.25, -0.2) is 4.98 Å². The molecule has 8 nitrogen and oxygen atoms in total. The van der Waals surface area contributed by atoms with E-state index in [9.17, 15) is 0 Å². The van der Waals surface area contributed by atoms with Crippen molar-refractivity contribution in [1.29, 1.82) is 0 Å². The Morgan fingerprint density at radius 1 is 1.10 bits per heavy atom. The predicted octanol–water partition coefficient (Wildman–Crippen LogP) is 1.55. The Balaban J connectivity index is 1.96. The summed E-state index contributed by atoms with van der Waals surface area (Å²) in [5.74, 6) is 1.28. The zero-order valence-corrected chi connectivity index (χ0v) is 11.6. The highest BCUT2D eigenvalue weighted by Gasteiger charge is 2.08. The van der Waals surface area contributed by atoms with Crippen molar-refractivity contribution in [2.24, 2.45) is 0 Å². The molecule has 0 saturated heterocycles. The molecule has 0 radical (unpaired) electrons. The third-order valence-corrected chi connectivity index (χ3v) is 2.75. The minimum Gasteiger partial charge on any atom is -0.357 e. The van der Waals surface area contributed by atoms with Gasteiger partial charge in [-0.05, 0) is 24.6 Å². The number of anilines is 3. The van der Waals surface area contributed by atoms with Gasteiger partial charge in [0.2, 0.25) is 11.9 Å². The molecule has 0 amide bonds. The third-order valence-electron chi connectivity index (χ3n) is 2.75. The van der Waals surface area contributed by atoms with E-state index in [2.05, 4.69) is 35.7 Å². The second kappa shape index (κ2) is 5.53. The second-order valence-corrected chi connectivity index (χ2v) is 4.37. The molecule has 0 aliphatic rings. The average molecular weight is 282 g/mol. The van der Waals surface area contributed by atoms with E-state index in [0.717, 1.165) is 11.3 Å². The van der Waals surface area contributed by atoms with Crippen LogP contribution in [0.5, 0.6) is 0 Å². The number of rotatable bonds is 4. The van der Waals surface area contributed by atoms with Gasteiger partial charge in [0, 0.05) is 12.7 Å². The van der Waals surface area contributed by atoms with E-state index >= 15 is 0 Å². The molecule has 1 aromatic carbocycles. The maximum Gasteiger partial charge on any atom is 0.258 e. The maximum absolute atomic E-state index is 4.34. The molecule has 2 aromatic heterocycles. The van der Waals surface area contributed by atoms with E-state index in [1.165, 1.54) is 17.3 Å². The number of aromatic nitrogens is 6. The van der Waals surface area contributed by atoms with Gasteiger partial charge in [-0.15, -0.1) is 0 Å². The average Bonchev–Trinajstić information content (AvgIpc) is 3.01. The molecular formula is C13H14N8. The molecule has 3 rings (SSSR count). The van der Waals surface area contributed by atoms with Crippen LogP contribution in [-0.4, -0.2) is 36.8 Å². The first-order valence-corrected chi connectivity index (χ1v) is 6.37. The molecule has 0 saturated carbocycles. The Kier molecular flexibility index (Phi) is 3.42. The van der Waals surface area contributed by atoms with Crippen LogP contribution in [0.4, 0.5) is 17.6 Å².